The van der Waals surface area contributed by atoms with Crippen LogP contribution in [0.1, 0.15) is 23.9 Å². The van der Waals surface area contributed by atoms with Crippen molar-refractivity contribution in [1.82, 2.24) is 14.8 Å². The summed E-state index contributed by atoms with van der Waals surface area (Å²) in [6.07, 6.45) is 1.55. The van der Waals surface area contributed by atoms with Crippen molar-refractivity contribution in [3.63, 3.8) is 0 Å². The molecule has 0 aliphatic carbocycles. The fraction of sp³-hybridized carbons (Fsp3) is 0.273. The highest BCUT2D eigenvalue weighted by atomic mass is 19.1. The Kier molecular flexibility index (Phi) is 1.92. The van der Waals surface area contributed by atoms with E-state index in [4.69, 9.17) is 0 Å². The summed E-state index contributed by atoms with van der Waals surface area (Å²) < 4.78 is 14.7. The number of aromatic nitrogens is 3. The molecule has 16 heavy (non-hydrogen) atoms. The van der Waals surface area contributed by atoms with Gasteiger partial charge in [0.1, 0.15) is 11.6 Å². The summed E-state index contributed by atoms with van der Waals surface area (Å²) in [7, 11) is 0. The maximum Gasteiger partial charge on any atom is 0.343 e. The zero-order valence-corrected chi connectivity index (χ0v) is 8.48. The van der Waals surface area contributed by atoms with E-state index in [9.17, 15) is 9.18 Å². The van der Waals surface area contributed by atoms with Gasteiger partial charge in [-0.15, -0.1) is 0 Å². The normalized spacial score (nSPS) is 18.7. The van der Waals surface area contributed by atoms with Crippen LogP contribution in [0.15, 0.2) is 29.1 Å². The lowest BCUT2D eigenvalue weighted by atomic mass is 10.0. The van der Waals surface area contributed by atoms with Gasteiger partial charge in [0.25, 0.3) is 0 Å². The molecular weight excluding hydrogens is 209 g/mol. The third-order valence-corrected chi connectivity index (χ3v) is 2.96. The van der Waals surface area contributed by atoms with Crippen molar-refractivity contribution >= 4 is 0 Å². The van der Waals surface area contributed by atoms with E-state index >= 15 is 0 Å². The van der Waals surface area contributed by atoms with Gasteiger partial charge in [0.2, 0.25) is 0 Å². The number of nitrogens with one attached hydrogen (secondary N) is 1. The number of aromatic amines is 1. The first-order chi connectivity index (χ1) is 7.75. The van der Waals surface area contributed by atoms with Gasteiger partial charge in [-0.25, -0.2) is 14.3 Å². The number of halogens is 1. The zero-order valence-electron chi connectivity index (χ0n) is 8.48. The highest BCUT2D eigenvalue weighted by Crippen LogP contribution is 2.28. The molecule has 1 atom stereocenters. The summed E-state index contributed by atoms with van der Waals surface area (Å²) >= 11 is 0. The number of H-pyrrole nitrogens is 1. The number of hydrogen-bond acceptors (Lipinski definition) is 2. The molecule has 2 heterocycles. The van der Waals surface area contributed by atoms with E-state index in [0.717, 1.165) is 24.2 Å². The summed E-state index contributed by atoms with van der Waals surface area (Å²) in [5.41, 5.74) is 0.601. The Morgan fingerprint density at radius 2 is 2.38 bits per heavy atom. The Morgan fingerprint density at radius 3 is 3.19 bits per heavy atom. The first-order valence-corrected chi connectivity index (χ1v) is 5.17. The van der Waals surface area contributed by atoms with Crippen LogP contribution in [0.2, 0.25) is 0 Å². The van der Waals surface area contributed by atoms with E-state index in [-0.39, 0.29) is 17.5 Å². The summed E-state index contributed by atoms with van der Waals surface area (Å²) in [5, 5.41) is 6.34. The van der Waals surface area contributed by atoms with Crippen LogP contribution in [0, 0.1) is 5.82 Å². The second kappa shape index (κ2) is 3.30. The van der Waals surface area contributed by atoms with Crippen LogP contribution in [0.3, 0.4) is 0 Å². The Labute approximate surface area is 90.7 Å². The smallest absolute Gasteiger partial charge is 0.271 e. The van der Waals surface area contributed by atoms with Gasteiger partial charge < -0.3 is 0 Å². The lowest BCUT2D eigenvalue weighted by Gasteiger charge is -2.11. The molecule has 4 nitrogen and oxygen atoms in total. The Bertz CT molecular complexity index is 587. The summed E-state index contributed by atoms with van der Waals surface area (Å²) in [5.74, 6) is 0.474. The molecule has 0 unspecified atom stereocenters. The SMILES string of the molecule is O=c1[nH]nc2n1[C@@H](c1cccc(F)c1)CC2. The fourth-order valence-electron chi connectivity index (χ4n) is 2.26. The van der Waals surface area contributed by atoms with Crippen molar-refractivity contribution in [3.8, 4) is 0 Å². The van der Waals surface area contributed by atoms with Gasteiger partial charge in [-0.05, 0) is 24.1 Å². The van der Waals surface area contributed by atoms with Crippen LogP contribution < -0.4 is 5.69 Å². The predicted molar refractivity (Wildman–Crippen MR) is 55.7 cm³/mol. The first kappa shape index (κ1) is 9.33. The van der Waals surface area contributed by atoms with Crippen LogP contribution in [-0.2, 0) is 6.42 Å². The molecule has 2 aromatic rings. The van der Waals surface area contributed by atoms with Gasteiger partial charge >= 0.3 is 5.69 Å². The molecule has 1 aromatic carbocycles. The molecule has 1 N–H and O–H groups in total. The third-order valence-electron chi connectivity index (χ3n) is 2.96. The van der Waals surface area contributed by atoms with E-state index in [1.54, 1.807) is 10.6 Å². The van der Waals surface area contributed by atoms with Crippen molar-refractivity contribution in [2.75, 3.05) is 0 Å². The van der Waals surface area contributed by atoms with Crippen LogP contribution in [0.25, 0.3) is 0 Å². The van der Waals surface area contributed by atoms with E-state index in [0.29, 0.717) is 0 Å². The van der Waals surface area contributed by atoms with Crippen LogP contribution in [0.4, 0.5) is 4.39 Å². The number of hydrogen-bond donors (Lipinski definition) is 1. The number of fused-ring (bicyclic) bond motifs is 1. The molecule has 0 radical (unpaired) electrons. The molecule has 1 aliphatic rings. The third kappa shape index (κ3) is 1.28. The van der Waals surface area contributed by atoms with Crippen LogP contribution in [0.5, 0.6) is 0 Å². The fourth-order valence-corrected chi connectivity index (χ4v) is 2.26. The van der Waals surface area contributed by atoms with Crippen molar-refractivity contribution in [2.24, 2.45) is 0 Å². The lowest BCUT2D eigenvalue weighted by molar-refractivity contribution is 0.582. The molecule has 1 aliphatic heterocycles. The van der Waals surface area contributed by atoms with E-state index in [1.807, 2.05) is 6.07 Å². The van der Waals surface area contributed by atoms with Gasteiger partial charge in [-0.1, -0.05) is 12.1 Å². The second-order valence-electron chi connectivity index (χ2n) is 3.92. The first-order valence-electron chi connectivity index (χ1n) is 5.17. The summed E-state index contributed by atoms with van der Waals surface area (Å²) in [6, 6.07) is 6.28. The molecule has 0 amide bonds. The van der Waals surface area contributed by atoms with Crippen molar-refractivity contribution < 1.29 is 4.39 Å². The number of rotatable bonds is 1. The van der Waals surface area contributed by atoms with Gasteiger partial charge in [0, 0.05) is 6.42 Å². The van der Waals surface area contributed by atoms with E-state index < -0.39 is 0 Å². The monoisotopic (exact) mass is 219 g/mol. The molecule has 3 rings (SSSR count). The van der Waals surface area contributed by atoms with Gasteiger partial charge in [-0.3, -0.25) is 4.57 Å². The molecule has 0 saturated heterocycles. The van der Waals surface area contributed by atoms with Crippen LogP contribution >= 0.6 is 0 Å². The Morgan fingerprint density at radius 1 is 1.50 bits per heavy atom. The van der Waals surface area contributed by atoms with Crippen molar-refractivity contribution in [3.05, 3.63) is 52.0 Å². The summed E-state index contributed by atoms with van der Waals surface area (Å²) in [4.78, 5) is 11.5. The molecule has 0 spiro atoms. The molecular formula is C11H10FN3O. The molecule has 0 fully saturated rings. The van der Waals surface area contributed by atoms with Crippen molar-refractivity contribution in [1.29, 1.82) is 0 Å². The largest absolute Gasteiger partial charge is 0.343 e. The Hall–Kier alpha value is -1.91. The van der Waals surface area contributed by atoms with Crippen molar-refractivity contribution in [2.45, 2.75) is 18.9 Å². The topological polar surface area (TPSA) is 50.7 Å². The minimum atomic E-state index is -0.275. The average Bonchev–Trinajstić information content (AvgIpc) is 2.82. The lowest BCUT2D eigenvalue weighted by Crippen LogP contribution is -2.20. The van der Waals surface area contributed by atoms with Gasteiger partial charge in [-0.2, -0.15) is 5.10 Å². The maximum absolute atomic E-state index is 13.1. The highest BCUT2D eigenvalue weighted by Gasteiger charge is 2.26. The second-order valence-corrected chi connectivity index (χ2v) is 3.92. The van der Waals surface area contributed by atoms with Gasteiger partial charge in [0.05, 0.1) is 6.04 Å². The average molecular weight is 219 g/mol. The molecule has 0 bridgehead atoms. The molecule has 0 saturated carbocycles. The number of benzene rings is 1. The van der Waals surface area contributed by atoms with E-state index in [1.165, 1.54) is 12.1 Å². The molecule has 1 aromatic heterocycles. The minimum Gasteiger partial charge on any atom is -0.271 e. The molecule has 5 heteroatoms. The zero-order chi connectivity index (χ0) is 11.1. The predicted octanol–water partition coefficient (Wildman–Crippen LogP) is 1.25. The molecule has 82 valence electrons. The van der Waals surface area contributed by atoms with Crippen LogP contribution in [-0.4, -0.2) is 14.8 Å². The number of aryl methyl sites for hydroxylation is 1. The maximum atomic E-state index is 13.1. The van der Waals surface area contributed by atoms with Gasteiger partial charge in [0.15, 0.2) is 0 Å². The summed E-state index contributed by atoms with van der Waals surface area (Å²) in [6.45, 7) is 0. The van der Waals surface area contributed by atoms with E-state index in [2.05, 4.69) is 10.2 Å². The highest BCUT2D eigenvalue weighted by molar-refractivity contribution is 5.23. The quantitative estimate of drug-likeness (QED) is 0.784. The Balaban J connectivity index is 2.10. The number of nitrogens with zero attached hydrogens (tertiary/aromatic N) is 2. The minimum absolute atomic E-state index is 0.0862. The standard InChI is InChI=1S/C11H10FN3O/c12-8-3-1-2-7(6-8)9-4-5-10-13-14-11(16)15(9)10/h1-3,6,9H,4-5H2,(H,14,16)/t9-/m1/s1.